The number of halogens is 1. The number of H-pyrrole nitrogens is 1. The molecule has 0 radical (unpaired) electrons. The molecule has 118 heavy (non-hydrogen) atoms. The summed E-state index contributed by atoms with van der Waals surface area (Å²) in [5.41, 5.74) is 36.4. The first-order valence-corrected chi connectivity index (χ1v) is 38.4. The molecule has 0 saturated carbocycles. The average Bonchev–Trinajstić information content (AvgIpc) is 1.34. The van der Waals surface area contributed by atoms with Crippen LogP contribution in [0.2, 0.25) is 5.15 Å². The number of hydrogen-bond acceptors (Lipinski definition) is 20. The third-order valence-electron chi connectivity index (χ3n) is 21.6. The number of nitrogens with zero attached hydrogens (tertiary/aromatic N) is 8. The maximum Gasteiger partial charge on any atom is 0.358 e. The Hall–Kier alpha value is -14.1. The Balaban J connectivity index is 0.000000129. The lowest BCUT2D eigenvalue weighted by Gasteiger charge is -2.13. The molecule has 9 aromatic carbocycles. The zero-order valence-electron chi connectivity index (χ0n) is 66.9. The molecule has 0 amide bonds. The van der Waals surface area contributed by atoms with Gasteiger partial charge in [-0.3, -0.25) is 39.9 Å². The van der Waals surface area contributed by atoms with E-state index in [0.29, 0.717) is 99.9 Å². The molecule has 3 aromatic heterocycles. The number of rotatable bonds is 13. The minimum Gasteiger partial charge on any atom is -0.464 e. The fraction of sp³-hybridized carbons (Fsp3) is 0.204. The van der Waals surface area contributed by atoms with Gasteiger partial charge in [0.05, 0.1) is 46.4 Å². The number of nitrogens with one attached hydrogen (secondary N) is 1. The number of nitrogen functional groups attached to an aromatic ring is 1. The van der Waals surface area contributed by atoms with Crippen LogP contribution in [-0.4, -0.2) is 89.4 Å². The number of Topliss-reactive ketones (excluding diaryl/α,β-unsaturated/α-hetero) is 1. The molecule has 5 aliphatic carbocycles. The summed E-state index contributed by atoms with van der Waals surface area (Å²) in [5.74, 6) is -1.58. The molecule has 0 saturated heterocycles. The van der Waals surface area contributed by atoms with Crippen LogP contribution in [0.3, 0.4) is 0 Å². The predicted molar refractivity (Wildman–Crippen MR) is 453 cm³/mol. The van der Waals surface area contributed by atoms with Crippen molar-refractivity contribution in [1.29, 1.82) is 0 Å². The van der Waals surface area contributed by atoms with Crippen LogP contribution in [-0.2, 0) is 55.9 Å². The lowest BCUT2D eigenvalue weighted by molar-refractivity contribution is -0.385. The maximum absolute atomic E-state index is 13.3. The molecule has 3 N–H and O–H groups in total. The van der Waals surface area contributed by atoms with E-state index in [0.717, 1.165) is 94.7 Å². The van der Waals surface area contributed by atoms with Gasteiger partial charge in [0.2, 0.25) is 0 Å². The van der Waals surface area contributed by atoms with Crippen LogP contribution >= 0.6 is 11.6 Å². The molecule has 0 bridgehead atoms. The van der Waals surface area contributed by atoms with Gasteiger partial charge in [-0.05, 0) is 150 Å². The molecule has 0 spiro atoms. The monoisotopic (exact) mass is 1600 g/mol. The Kier molecular flexibility index (Phi) is 23.7. The zero-order chi connectivity index (χ0) is 84.4. The van der Waals surface area contributed by atoms with Gasteiger partial charge in [-0.1, -0.05) is 179 Å². The molecule has 594 valence electrons. The first-order valence-electron chi connectivity index (χ1n) is 38.0. The Labute approximate surface area is 684 Å². The predicted octanol–water partition coefficient (Wildman–Crippen LogP) is 18.6. The van der Waals surface area contributed by atoms with Gasteiger partial charge < -0.3 is 19.9 Å². The molecular weight excluding hydrogens is 1520 g/mol. The van der Waals surface area contributed by atoms with E-state index in [4.69, 9.17) is 31.5 Å². The number of carbonyl (C=O) groups is 4. The fourth-order valence-corrected chi connectivity index (χ4v) is 16.0. The molecule has 0 fully saturated rings. The summed E-state index contributed by atoms with van der Waals surface area (Å²) in [6.45, 7) is 21.2. The molecule has 25 heteroatoms. The number of carbonyl (C=O) groups excluding carboxylic acids is 4. The number of methoxy groups -OCH3 is 1. The van der Waals surface area contributed by atoms with Gasteiger partial charge in [0, 0.05) is 139 Å². The van der Waals surface area contributed by atoms with E-state index in [1.54, 1.807) is 52.0 Å². The van der Waals surface area contributed by atoms with E-state index in [1.165, 1.54) is 64.8 Å². The largest absolute Gasteiger partial charge is 0.464 e. The Morgan fingerprint density at radius 3 is 1.42 bits per heavy atom. The van der Waals surface area contributed by atoms with Crippen LogP contribution in [0, 0.1) is 92.7 Å². The minimum atomic E-state index is -0.530. The first-order chi connectivity index (χ1) is 56.5. The standard InChI is InChI=1S/C21H19N3O2.C21H19NO5.C19H14ClN3O2.C19H15N3O3.C13H14O2/c1-11-7-8-15-13(9-11)10-16-18(15)19(23-24-20(16)21(25)26-3)14-5-4-6-17(22)12(14)2;1-4-27-21(24)17-11-14-10-12(2)8-9-16(14)19(17)20(23)15-6-5-7-18(13(15)3)22(25)26;1-10-6-7-14-12(8-10)9-15-17(14)18(21-22-19(15)20)13-4-3-5-16(11(13)2)23(24)25;1-10-6-7-14-12(8-10)9-15-17(14)18(20-21-19(15)23)13-4-3-5-16(11(13)2)22(24)25;1-3-15-13(14)12-7-10-5-4-9(2)6-11(10)8-12/h4-9H,10,22H2,1-3H3;5-10H,4,11H2,1-3H3;3-8H,9H2,1-2H3;3-8H,9H2,1-2H3,(H,21,23);4-7H,3,8H2,1-2H3. The van der Waals surface area contributed by atoms with Gasteiger partial charge in [0.15, 0.2) is 16.6 Å². The maximum atomic E-state index is 13.3. The van der Waals surface area contributed by atoms with Crippen molar-refractivity contribution in [3.8, 4) is 67.2 Å². The number of nitrogens with two attached hydrogens (primary N) is 1. The highest BCUT2D eigenvalue weighted by Gasteiger charge is 2.36. The number of ketones is 1. The van der Waals surface area contributed by atoms with Gasteiger partial charge in [0.25, 0.3) is 22.6 Å². The highest BCUT2D eigenvalue weighted by molar-refractivity contribution is 6.34. The quantitative estimate of drug-likeness (QED) is 0.0270. The average molecular weight is 1600 g/mol. The highest BCUT2D eigenvalue weighted by Crippen LogP contribution is 2.49. The van der Waals surface area contributed by atoms with Crippen LogP contribution in [0.15, 0.2) is 180 Å². The van der Waals surface area contributed by atoms with Crippen LogP contribution in [0.4, 0.5) is 22.7 Å². The van der Waals surface area contributed by atoms with E-state index < -0.39 is 27.6 Å². The van der Waals surface area contributed by atoms with Gasteiger partial charge in [-0.25, -0.2) is 19.5 Å². The molecule has 0 unspecified atom stereocenters. The number of allylic oxidation sites excluding steroid dienone is 1. The van der Waals surface area contributed by atoms with Crippen molar-refractivity contribution in [2.75, 3.05) is 26.1 Å². The number of nitro groups is 3. The summed E-state index contributed by atoms with van der Waals surface area (Å²) in [4.78, 5) is 94.3. The smallest absolute Gasteiger partial charge is 0.358 e. The van der Waals surface area contributed by atoms with E-state index in [9.17, 15) is 54.3 Å². The molecule has 17 rings (SSSR count). The molecule has 0 aliphatic heterocycles. The topological polar surface area (TPSA) is 349 Å². The molecule has 24 nitrogen and oxygen atoms in total. The third-order valence-corrected chi connectivity index (χ3v) is 21.9. The molecule has 3 heterocycles. The number of anilines is 1. The summed E-state index contributed by atoms with van der Waals surface area (Å²) >= 11 is 6.30. The number of benzene rings is 9. The number of nitro benzene ring substituents is 3. The van der Waals surface area contributed by atoms with Crippen molar-refractivity contribution >= 4 is 69.7 Å². The molecule has 5 aliphatic rings. The van der Waals surface area contributed by atoms with E-state index in [-0.39, 0.29) is 62.5 Å². The SMILES string of the molecule is CCOC(=O)C1=C(C(=O)c2cccc([N+](=O)[O-])c2C)c2ccc(C)cc2C1.CCOC(=O)C1=Cc2ccc(C)cc2C1.COC(=O)c1nnc(-c2cccc(N)c2C)c2c1Cc1cc(C)ccc1-2.Cc1ccc2c(c1)Cc1c(Cl)nnc(-c3cccc([N+](=O)[O-])c3C)c1-2.Cc1ccc2c(c1)Cc1c-2c(-c2cccc([N+](=O)[O-])c2C)n[nH]c1=O. The number of hydrogen-bond donors (Lipinski definition) is 2. The Morgan fingerprint density at radius 2 is 0.890 bits per heavy atom. The Morgan fingerprint density at radius 1 is 0.458 bits per heavy atom. The van der Waals surface area contributed by atoms with Crippen molar-refractivity contribution in [1.82, 2.24) is 30.6 Å². The van der Waals surface area contributed by atoms with Crippen LogP contribution in [0.5, 0.6) is 0 Å². The number of aryl methyl sites for hydroxylation is 5. The van der Waals surface area contributed by atoms with E-state index in [1.807, 2.05) is 101 Å². The number of esters is 3. The summed E-state index contributed by atoms with van der Waals surface area (Å²) in [6, 6.07) is 50.6. The minimum absolute atomic E-state index is 0.0429. The normalized spacial score (nSPS) is 12.3. The van der Waals surface area contributed by atoms with E-state index in [2.05, 4.69) is 99.0 Å². The van der Waals surface area contributed by atoms with Gasteiger partial charge in [-0.2, -0.15) is 5.10 Å². The van der Waals surface area contributed by atoms with Gasteiger partial charge in [-0.15, -0.1) is 20.4 Å². The summed E-state index contributed by atoms with van der Waals surface area (Å²) in [6.07, 6.45) is 4.82. The third kappa shape index (κ3) is 16.1. The highest BCUT2D eigenvalue weighted by atomic mass is 35.5. The summed E-state index contributed by atoms with van der Waals surface area (Å²) in [5, 5.41) is 57.9. The lowest BCUT2D eigenvalue weighted by Crippen LogP contribution is -2.14. The number of ether oxygens (including phenoxy) is 3. The van der Waals surface area contributed by atoms with Crippen molar-refractivity contribution in [3.05, 3.63) is 338 Å². The number of fused-ring (bicyclic) bond motifs is 11. The lowest BCUT2D eigenvalue weighted by atomic mass is 9.93. The van der Waals surface area contributed by atoms with Crippen molar-refractivity contribution in [2.45, 2.75) is 108 Å². The van der Waals surface area contributed by atoms with Gasteiger partial charge in [0.1, 0.15) is 11.4 Å². The number of aromatic amines is 1. The zero-order valence-corrected chi connectivity index (χ0v) is 67.6. The molecule has 0 atom stereocenters. The second kappa shape index (κ2) is 34.1. The van der Waals surface area contributed by atoms with Crippen molar-refractivity contribution in [2.24, 2.45) is 0 Å². The van der Waals surface area contributed by atoms with Crippen LogP contribution in [0.1, 0.15) is 140 Å². The molecular formula is C93H81ClN10O14. The first kappa shape index (κ1) is 81.9. The van der Waals surface area contributed by atoms with Crippen LogP contribution < -0.4 is 11.3 Å². The van der Waals surface area contributed by atoms with Crippen molar-refractivity contribution in [3.63, 3.8) is 0 Å². The van der Waals surface area contributed by atoms with Crippen molar-refractivity contribution < 1.29 is 48.2 Å². The number of aromatic nitrogens is 6. The second-order valence-corrected chi connectivity index (χ2v) is 29.7. The second-order valence-electron chi connectivity index (χ2n) is 29.4. The summed E-state index contributed by atoms with van der Waals surface area (Å²) in [7, 11) is 1.36. The van der Waals surface area contributed by atoms with E-state index >= 15 is 0 Å². The summed E-state index contributed by atoms with van der Waals surface area (Å²) < 4.78 is 15.0. The van der Waals surface area contributed by atoms with Gasteiger partial charge >= 0.3 is 17.9 Å². The Bertz CT molecular complexity index is 6380. The molecule has 12 aromatic rings. The fourth-order valence-electron chi connectivity index (χ4n) is 15.8. The van der Waals surface area contributed by atoms with Crippen LogP contribution in [0.25, 0.3) is 78.8 Å².